The Morgan fingerprint density at radius 3 is 2.69 bits per heavy atom. The summed E-state index contributed by atoms with van der Waals surface area (Å²) in [6.07, 6.45) is 1.47. The van der Waals surface area contributed by atoms with Gasteiger partial charge in [-0.25, -0.2) is 9.67 Å². The van der Waals surface area contributed by atoms with Crippen molar-refractivity contribution in [2.75, 3.05) is 11.9 Å². The molecule has 0 aliphatic rings. The van der Waals surface area contributed by atoms with Crippen LogP contribution in [0, 0.1) is 6.92 Å². The van der Waals surface area contributed by atoms with Gasteiger partial charge in [0.05, 0.1) is 11.6 Å². The number of nitrogens with zero attached hydrogens (tertiary/aromatic N) is 4. The van der Waals surface area contributed by atoms with E-state index in [1.807, 2.05) is 18.2 Å². The van der Waals surface area contributed by atoms with Gasteiger partial charge in [-0.3, -0.25) is 9.59 Å². The van der Waals surface area contributed by atoms with Gasteiger partial charge in [-0.15, -0.1) is 0 Å². The number of oxazole rings is 1. The molecule has 0 bridgehead atoms. The number of carbonyl (C=O) groups is 1. The number of carbonyl (C=O) groups excluding carboxylic acids is 1. The van der Waals surface area contributed by atoms with Gasteiger partial charge >= 0.3 is 0 Å². The molecule has 35 heavy (non-hydrogen) atoms. The second kappa shape index (κ2) is 8.23. The summed E-state index contributed by atoms with van der Waals surface area (Å²) in [6.45, 7) is 7.95. The van der Waals surface area contributed by atoms with Crippen molar-refractivity contribution >= 4 is 33.7 Å². The molecular formula is C27H26N4O4. The van der Waals surface area contributed by atoms with Crippen molar-refractivity contribution in [3.8, 4) is 11.3 Å². The molecule has 0 spiro atoms. The fourth-order valence-electron chi connectivity index (χ4n) is 4.06. The molecule has 3 heterocycles. The van der Waals surface area contributed by atoms with Gasteiger partial charge in [-0.05, 0) is 35.2 Å². The van der Waals surface area contributed by atoms with Gasteiger partial charge in [0.1, 0.15) is 17.8 Å². The Hall–Kier alpha value is -4.20. The van der Waals surface area contributed by atoms with Gasteiger partial charge in [-0.1, -0.05) is 39.0 Å². The number of hydrogen-bond acceptors (Lipinski definition) is 6. The highest BCUT2D eigenvalue weighted by Crippen LogP contribution is 2.30. The summed E-state index contributed by atoms with van der Waals surface area (Å²) in [5, 5.41) is 4.95. The lowest BCUT2D eigenvalue weighted by atomic mass is 9.86. The molecular weight excluding hydrogens is 444 g/mol. The molecule has 0 aliphatic heterocycles. The van der Waals surface area contributed by atoms with Crippen LogP contribution in [0.3, 0.4) is 0 Å². The fourth-order valence-corrected chi connectivity index (χ4v) is 4.06. The molecule has 0 atom stereocenters. The Labute approximate surface area is 201 Å². The molecule has 2 aromatic carbocycles. The molecule has 8 heteroatoms. The van der Waals surface area contributed by atoms with Crippen molar-refractivity contribution in [3.63, 3.8) is 0 Å². The summed E-state index contributed by atoms with van der Waals surface area (Å²) >= 11 is 0. The molecule has 0 aliphatic carbocycles. The van der Waals surface area contributed by atoms with E-state index in [0.29, 0.717) is 33.8 Å². The number of benzene rings is 2. The first-order valence-corrected chi connectivity index (χ1v) is 11.3. The van der Waals surface area contributed by atoms with Crippen LogP contribution in [0.5, 0.6) is 0 Å². The maximum absolute atomic E-state index is 13.2. The van der Waals surface area contributed by atoms with Crippen LogP contribution >= 0.6 is 0 Å². The first kappa shape index (κ1) is 22.6. The maximum Gasteiger partial charge on any atom is 0.278 e. The number of amides is 1. The molecule has 0 saturated heterocycles. The second-order valence-electron chi connectivity index (χ2n) is 9.64. The van der Waals surface area contributed by atoms with Crippen LogP contribution in [0.1, 0.15) is 32.2 Å². The lowest BCUT2D eigenvalue weighted by Gasteiger charge is -2.20. The summed E-state index contributed by atoms with van der Waals surface area (Å²) in [7, 11) is 1.65. The fraction of sp³-hybridized carbons (Fsp3) is 0.259. The number of rotatable bonds is 4. The smallest absolute Gasteiger partial charge is 0.278 e. The quantitative estimate of drug-likeness (QED) is 0.364. The van der Waals surface area contributed by atoms with Gasteiger partial charge in [0.25, 0.3) is 5.56 Å². The van der Waals surface area contributed by atoms with Gasteiger partial charge in [0.2, 0.25) is 5.91 Å². The van der Waals surface area contributed by atoms with Gasteiger partial charge in [-0.2, -0.15) is 5.10 Å². The highest BCUT2D eigenvalue weighted by Gasteiger charge is 2.21. The van der Waals surface area contributed by atoms with Crippen molar-refractivity contribution in [1.29, 1.82) is 0 Å². The molecule has 5 aromatic rings. The standard InChI is InChI=1S/C27H26N4O4/c1-16-28-21-10-9-19(14-22(21)35-16)30(5)23(32)15-31-26(33)20-11-12-34-25(20)24(29-31)17-7-6-8-18(13-17)27(2,3)4/h6-14H,15H2,1-5H3. The predicted octanol–water partition coefficient (Wildman–Crippen LogP) is 5.07. The Kier molecular flexibility index (Phi) is 5.31. The Morgan fingerprint density at radius 2 is 1.91 bits per heavy atom. The van der Waals surface area contributed by atoms with Crippen LogP contribution in [0.2, 0.25) is 0 Å². The number of furan rings is 1. The third-order valence-electron chi connectivity index (χ3n) is 6.09. The minimum atomic E-state index is -0.382. The number of fused-ring (bicyclic) bond motifs is 2. The summed E-state index contributed by atoms with van der Waals surface area (Å²) in [5.41, 5.74) is 4.37. The van der Waals surface area contributed by atoms with E-state index < -0.39 is 0 Å². The Morgan fingerprint density at radius 1 is 1.11 bits per heavy atom. The molecule has 178 valence electrons. The Bertz CT molecular complexity index is 1630. The lowest BCUT2D eigenvalue weighted by molar-refractivity contribution is -0.119. The SMILES string of the molecule is Cc1nc2ccc(N(C)C(=O)Cn3nc(-c4cccc(C(C)(C)C)c4)c4occc4c3=O)cc2o1. The molecule has 0 unspecified atom stereocenters. The molecule has 3 aromatic heterocycles. The zero-order valence-electron chi connectivity index (χ0n) is 20.3. The first-order chi connectivity index (χ1) is 16.6. The van der Waals surface area contributed by atoms with E-state index in [0.717, 1.165) is 16.6 Å². The highest BCUT2D eigenvalue weighted by molar-refractivity contribution is 5.95. The lowest BCUT2D eigenvalue weighted by Crippen LogP contribution is -2.35. The van der Waals surface area contributed by atoms with Crippen LogP contribution < -0.4 is 10.5 Å². The molecule has 0 N–H and O–H groups in total. The predicted molar refractivity (Wildman–Crippen MR) is 135 cm³/mol. The Balaban J connectivity index is 1.52. The van der Waals surface area contributed by atoms with Crippen molar-refractivity contribution in [3.05, 3.63) is 76.6 Å². The van der Waals surface area contributed by atoms with Crippen LogP contribution in [-0.2, 0) is 16.8 Å². The highest BCUT2D eigenvalue weighted by atomic mass is 16.3. The van der Waals surface area contributed by atoms with Crippen molar-refractivity contribution in [2.45, 2.75) is 39.7 Å². The van der Waals surface area contributed by atoms with E-state index in [4.69, 9.17) is 8.83 Å². The van der Waals surface area contributed by atoms with Crippen LogP contribution in [-0.4, -0.2) is 27.7 Å². The maximum atomic E-state index is 13.2. The number of aryl methyl sites for hydroxylation is 1. The van der Waals surface area contributed by atoms with Crippen LogP contribution in [0.4, 0.5) is 5.69 Å². The number of aromatic nitrogens is 3. The van der Waals surface area contributed by atoms with E-state index in [1.165, 1.54) is 15.8 Å². The summed E-state index contributed by atoms with van der Waals surface area (Å²) < 4.78 is 12.4. The second-order valence-corrected chi connectivity index (χ2v) is 9.64. The van der Waals surface area contributed by atoms with E-state index in [2.05, 4.69) is 36.9 Å². The zero-order valence-corrected chi connectivity index (χ0v) is 20.3. The molecule has 8 nitrogen and oxygen atoms in total. The topological polar surface area (TPSA) is 94.4 Å². The van der Waals surface area contributed by atoms with Crippen LogP contribution in [0.15, 0.2) is 68.4 Å². The largest absolute Gasteiger partial charge is 0.462 e. The van der Waals surface area contributed by atoms with E-state index in [-0.39, 0.29) is 23.4 Å². The first-order valence-electron chi connectivity index (χ1n) is 11.3. The molecule has 0 saturated carbocycles. The van der Waals surface area contributed by atoms with E-state index in [1.54, 1.807) is 38.2 Å². The van der Waals surface area contributed by atoms with E-state index >= 15 is 0 Å². The van der Waals surface area contributed by atoms with Crippen LogP contribution in [0.25, 0.3) is 33.3 Å². The minimum absolute atomic E-state index is 0.0609. The van der Waals surface area contributed by atoms with Crippen molar-refractivity contribution in [1.82, 2.24) is 14.8 Å². The van der Waals surface area contributed by atoms with Crippen molar-refractivity contribution in [2.24, 2.45) is 0 Å². The number of anilines is 1. The van der Waals surface area contributed by atoms with Gasteiger partial charge in [0.15, 0.2) is 17.1 Å². The zero-order chi connectivity index (χ0) is 24.9. The normalized spacial score (nSPS) is 11.9. The molecule has 1 amide bonds. The van der Waals surface area contributed by atoms with E-state index in [9.17, 15) is 9.59 Å². The molecule has 0 radical (unpaired) electrons. The van der Waals surface area contributed by atoms with Gasteiger partial charge < -0.3 is 13.7 Å². The van der Waals surface area contributed by atoms with Crippen molar-refractivity contribution < 1.29 is 13.6 Å². The minimum Gasteiger partial charge on any atom is -0.462 e. The summed E-state index contributed by atoms with van der Waals surface area (Å²) in [5.74, 6) is 0.255. The average molecular weight is 471 g/mol. The molecule has 5 rings (SSSR count). The third-order valence-corrected chi connectivity index (χ3v) is 6.09. The van der Waals surface area contributed by atoms with Gasteiger partial charge in [0, 0.05) is 31.3 Å². The number of likely N-dealkylation sites (N-methyl/N-ethyl adjacent to an activating group) is 1. The third kappa shape index (κ3) is 4.12. The summed E-state index contributed by atoms with van der Waals surface area (Å²) in [4.78, 5) is 32.1. The molecule has 0 fully saturated rings. The number of hydrogen-bond donors (Lipinski definition) is 0. The average Bonchev–Trinajstić information content (AvgIpc) is 3.45. The monoisotopic (exact) mass is 470 g/mol. The summed E-state index contributed by atoms with van der Waals surface area (Å²) in [6, 6.07) is 15.0.